The van der Waals surface area contributed by atoms with Crippen molar-refractivity contribution in [1.29, 1.82) is 0 Å². The van der Waals surface area contributed by atoms with Gasteiger partial charge in [-0.25, -0.2) is 0 Å². The third-order valence-corrected chi connectivity index (χ3v) is 4.59. The van der Waals surface area contributed by atoms with E-state index >= 15 is 0 Å². The molecule has 0 heterocycles. The first-order valence-electron chi connectivity index (χ1n) is 9.50. The van der Waals surface area contributed by atoms with Gasteiger partial charge in [-0.3, -0.25) is 14.4 Å². The molecule has 0 aromatic rings. The fourth-order valence-electron chi connectivity index (χ4n) is 3.10. The number of hydrogen-bond donors (Lipinski definition) is 4. The zero-order valence-electron chi connectivity index (χ0n) is 16.7. The van der Waals surface area contributed by atoms with Gasteiger partial charge in [-0.2, -0.15) is 0 Å². The number of amides is 1. The van der Waals surface area contributed by atoms with E-state index in [1.807, 2.05) is 19.1 Å². The first-order valence-corrected chi connectivity index (χ1v) is 9.50. The highest BCUT2D eigenvalue weighted by Gasteiger charge is 2.35. The molecule has 4 N–H and O–H groups in total. The Balaban J connectivity index is 4.98. The van der Waals surface area contributed by atoms with Crippen molar-refractivity contribution in [2.24, 2.45) is 11.8 Å². The smallest absolute Gasteiger partial charge is 0.311 e. The summed E-state index contributed by atoms with van der Waals surface area (Å²) in [5.41, 5.74) is 0. The summed E-state index contributed by atoms with van der Waals surface area (Å²) in [6.45, 7) is 6.27. The van der Waals surface area contributed by atoms with Crippen LogP contribution in [-0.2, 0) is 14.4 Å². The Labute approximate surface area is 161 Å². The van der Waals surface area contributed by atoms with Gasteiger partial charge in [0.2, 0.25) is 5.91 Å². The quantitative estimate of drug-likeness (QED) is 0.246. The lowest BCUT2D eigenvalue weighted by Gasteiger charge is -2.40. The van der Waals surface area contributed by atoms with E-state index in [-0.39, 0.29) is 36.6 Å². The second-order valence-electron chi connectivity index (χ2n) is 7.12. The van der Waals surface area contributed by atoms with Gasteiger partial charge in [-0.15, -0.1) is 0 Å². The average Bonchev–Trinajstić information content (AvgIpc) is 2.58. The second-order valence-corrected chi connectivity index (χ2v) is 7.12. The average molecular weight is 387 g/mol. The number of carboxylic acid groups (broad SMARTS) is 2. The number of carboxylic acids is 2. The lowest BCUT2D eigenvalue weighted by molar-refractivity contribution is -0.931. The predicted octanol–water partition coefficient (Wildman–Crippen LogP) is 1.10. The summed E-state index contributed by atoms with van der Waals surface area (Å²) in [6, 6.07) is 0. The molecule has 2 atom stereocenters. The molecule has 8 heteroatoms. The summed E-state index contributed by atoms with van der Waals surface area (Å²) in [5.74, 6) is -3.41. The molecule has 8 nitrogen and oxygen atoms in total. The molecule has 0 aromatic carbocycles. The molecule has 0 bridgehead atoms. The number of hydrogen-bond acceptors (Lipinski definition) is 4. The minimum atomic E-state index is -0.967. The van der Waals surface area contributed by atoms with Crippen molar-refractivity contribution < 1.29 is 34.2 Å². The summed E-state index contributed by atoms with van der Waals surface area (Å²) in [7, 11) is 0. The number of aliphatic hydroxyl groups excluding tert-OH is 1. The number of nitrogens with one attached hydrogen (secondary N) is 1. The Morgan fingerprint density at radius 3 is 2.00 bits per heavy atom. The van der Waals surface area contributed by atoms with Crippen LogP contribution in [0.15, 0.2) is 12.2 Å². The Hall–Kier alpha value is -1.93. The van der Waals surface area contributed by atoms with Gasteiger partial charge >= 0.3 is 11.9 Å². The van der Waals surface area contributed by atoms with Crippen LogP contribution in [0.2, 0.25) is 0 Å². The van der Waals surface area contributed by atoms with E-state index in [4.69, 9.17) is 0 Å². The third-order valence-electron chi connectivity index (χ3n) is 4.59. The van der Waals surface area contributed by atoms with Crippen molar-refractivity contribution in [3.8, 4) is 0 Å². The highest BCUT2D eigenvalue weighted by molar-refractivity contribution is 5.76. The molecule has 0 spiro atoms. The van der Waals surface area contributed by atoms with E-state index in [1.165, 1.54) is 0 Å². The highest BCUT2D eigenvalue weighted by atomic mass is 16.4. The fraction of sp³-hybridized carbons (Fsp3) is 0.737. The Kier molecular flexibility index (Phi) is 12.3. The molecule has 0 radical (unpaired) electrons. The molecule has 0 aliphatic carbocycles. The molecule has 1 amide bonds. The van der Waals surface area contributed by atoms with Gasteiger partial charge in [0.05, 0.1) is 32.8 Å². The van der Waals surface area contributed by atoms with Crippen LogP contribution in [0, 0.1) is 11.8 Å². The van der Waals surface area contributed by atoms with E-state index in [1.54, 1.807) is 13.8 Å². The van der Waals surface area contributed by atoms with Crippen LogP contribution in [0.4, 0.5) is 0 Å². The molecule has 0 fully saturated rings. The maximum Gasteiger partial charge on any atom is 0.311 e. The normalized spacial score (nSPS) is 15.9. The predicted molar refractivity (Wildman–Crippen MR) is 102 cm³/mol. The SMILES string of the molecule is CC/C=C/CCC(=O)NCC[N+](CCO)(CC(C)C(=O)O)CC(C)C(=O)O. The summed E-state index contributed by atoms with van der Waals surface area (Å²) in [5, 5.41) is 30.8. The van der Waals surface area contributed by atoms with Gasteiger partial charge in [0.25, 0.3) is 0 Å². The number of aliphatic carboxylic acids is 2. The summed E-state index contributed by atoms with van der Waals surface area (Å²) in [4.78, 5) is 34.5. The van der Waals surface area contributed by atoms with Gasteiger partial charge < -0.3 is 25.1 Å². The van der Waals surface area contributed by atoms with Crippen molar-refractivity contribution in [2.45, 2.75) is 40.0 Å². The molecule has 156 valence electrons. The van der Waals surface area contributed by atoms with Gasteiger partial charge in [0.15, 0.2) is 0 Å². The fourth-order valence-corrected chi connectivity index (χ4v) is 3.10. The van der Waals surface area contributed by atoms with Gasteiger partial charge in [0, 0.05) is 6.42 Å². The van der Waals surface area contributed by atoms with Crippen LogP contribution >= 0.6 is 0 Å². The molecule has 0 rings (SSSR count). The third kappa shape index (κ3) is 10.7. The maximum absolute atomic E-state index is 11.9. The number of carbonyl (C=O) groups is 3. The van der Waals surface area contributed by atoms with Crippen molar-refractivity contribution in [2.75, 3.05) is 39.3 Å². The molecule has 0 aliphatic rings. The first kappa shape index (κ1) is 25.1. The van der Waals surface area contributed by atoms with E-state index in [9.17, 15) is 29.7 Å². The van der Waals surface area contributed by atoms with Gasteiger partial charge in [-0.1, -0.05) is 19.1 Å². The van der Waals surface area contributed by atoms with Crippen LogP contribution in [0.3, 0.4) is 0 Å². The molecular weight excluding hydrogens is 352 g/mol. The van der Waals surface area contributed by atoms with E-state index in [2.05, 4.69) is 5.32 Å². The lowest BCUT2D eigenvalue weighted by atomic mass is 10.1. The number of aliphatic hydroxyl groups is 1. The number of quaternary nitrogens is 1. The van der Waals surface area contributed by atoms with Gasteiger partial charge in [-0.05, 0) is 26.7 Å². The standard InChI is InChI=1S/C19H34N2O6/c1-4-5-6-7-8-17(23)20-9-10-21(11-12-22,13-15(2)18(24)25)14-16(3)19(26)27/h5-6,15-16,22H,4,7-14H2,1-3H3,(H2-,20,23,24,25,26,27)/p+1/b6-5+. The van der Waals surface area contributed by atoms with Crippen LogP contribution in [0.5, 0.6) is 0 Å². The van der Waals surface area contributed by atoms with E-state index < -0.39 is 23.8 Å². The zero-order chi connectivity index (χ0) is 20.9. The molecule has 2 unspecified atom stereocenters. The Bertz CT molecular complexity index is 484. The molecule has 0 aliphatic heterocycles. The maximum atomic E-state index is 11.9. The summed E-state index contributed by atoms with van der Waals surface area (Å²) in [6.07, 6.45) is 5.90. The molecule has 0 saturated carbocycles. The monoisotopic (exact) mass is 387 g/mol. The van der Waals surface area contributed by atoms with Gasteiger partial charge in [0.1, 0.15) is 18.4 Å². The molecular formula is C19H35N2O6+. The molecule has 0 aromatic heterocycles. The van der Waals surface area contributed by atoms with Crippen LogP contribution in [0.25, 0.3) is 0 Å². The minimum absolute atomic E-state index is 0.101. The van der Waals surface area contributed by atoms with Crippen LogP contribution in [0.1, 0.15) is 40.0 Å². The topological polar surface area (TPSA) is 124 Å². The van der Waals surface area contributed by atoms with E-state index in [0.29, 0.717) is 25.9 Å². The zero-order valence-corrected chi connectivity index (χ0v) is 16.7. The summed E-state index contributed by atoms with van der Waals surface area (Å²) < 4.78 is 0.132. The van der Waals surface area contributed by atoms with E-state index in [0.717, 1.165) is 6.42 Å². The Morgan fingerprint density at radius 2 is 1.56 bits per heavy atom. The highest BCUT2D eigenvalue weighted by Crippen LogP contribution is 2.16. The summed E-state index contributed by atoms with van der Waals surface area (Å²) >= 11 is 0. The van der Waals surface area contributed by atoms with Crippen molar-refractivity contribution in [3.05, 3.63) is 12.2 Å². The van der Waals surface area contributed by atoms with Crippen LogP contribution < -0.4 is 5.32 Å². The largest absolute Gasteiger partial charge is 0.481 e. The number of allylic oxidation sites excluding steroid dienone is 2. The number of rotatable bonds is 15. The lowest BCUT2D eigenvalue weighted by Crippen LogP contribution is -2.58. The van der Waals surface area contributed by atoms with Crippen molar-refractivity contribution in [3.63, 3.8) is 0 Å². The van der Waals surface area contributed by atoms with Crippen molar-refractivity contribution >= 4 is 17.8 Å². The molecule has 0 saturated heterocycles. The van der Waals surface area contributed by atoms with Crippen LogP contribution in [-0.4, -0.2) is 77.0 Å². The number of carbonyl (C=O) groups excluding carboxylic acids is 1. The molecule has 27 heavy (non-hydrogen) atoms. The Morgan fingerprint density at radius 1 is 1.00 bits per heavy atom. The second kappa shape index (κ2) is 13.3. The minimum Gasteiger partial charge on any atom is -0.481 e. The number of nitrogens with zero attached hydrogens (tertiary/aromatic N) is 1. The van der Waals surface area contributed by atoms with Crippen molar-refractivity contribution in [1.82, 2.24) is 5.32 Å². The first-order chi connectivity index (χ1) is 12.7.